The molecule has 0 aliphatic carbocycles. The highest BCUT2D eigenvalue weighted by Gasteiger charge is 2.22. The molecule has 1 atom stereocenters. The van der Waals surface area contributed by atoms with E-state index < -0.39 is 5.82 Å². The number of hydrogen-bond acceptors (Lipinski definition) is 4. The second kappa shape index (κ2) is 8.98. The zero-order chi connectivity index (χ0) is 21.1. The Hall–Kier alpha value is -2.70. The van der Waals surface area contributed by atoms with Crippen LogP contribution in [-0.4, -0.2) is 46.6 Å². The minimum absolute atomic E-state index is 0.218. The van der Waals surface area contributed by atoms with Gasteiger partial charge in [0.15, 0.2) is 11.6 Å². The minimum atomic E-state index is -0.398. The van der Waals surface area contributed by atoms with Crippen molar-refractivity contribution in [3.05, 3.63) is 65.6 Å². The number of nitrogens with zero attached hydrogens (tertiary/aromatic N) is 3. The Bertz CT molecular complexity index is 1020. The van der Waals surface area contributed by atoms with Crippen LogP contribution in [0.5, 0.6) is 5.75 Å². The first kappa shape index (κ1) is 20.6. The maximum absolute atomic E-state index is 14.4. The number of methoxy groups -OCH3 is 1. The van der Waals surface area contributed by atoms with E-state index in [0.29, 0.717) is 12.5 Å². The van der Waals surface area contributed by atoms with Gasteiger partial charge in [0.05, 0.1) is 18.5 Å². The van der Waals surface area contributed by atoms with Crippen molar-refractivity contribution in [1.29, 1.82) is 0 Å². The topological polar surface area (TPSA) is 50.5 Å². The van der Waals surface area contributed by atoms with Gasteiger partial charge in [0, 0.05) is 37.0 Å². The molecule has 4 rings (SSSR count). The second-order valence-electron chi connectivity index (χ2n) is 8.01. The van der Waals surface area contributed by atoms with Gasteiger partial charge in [-0.15, -0.1) is 0 Å². The molecule has 1 aliphatic heterocycles. The fraction of sp³-hybridized carbons (Fsp3) is 0.375. The first-order valence-electron chi connectivity index (χ1n) is 10.4. The van der Waals surface area contributed by atoms with Gasteiger partial charge < -0.3 is 9.84 Å². The van der Waals surface area contributed by atoms with Gasteiger partial charge in [-0.05, 0) is 62.1 Å². The summed E-state index contributed by atoms with van der Waals surface area (Å²) in [5.74, 6) is 0.136. The fourth-order valence-electron chi connectivity index (χ4n) is 4.21. The summed E-state index contributed by atoms with van der Waals surface area (Å²) in [6.45, 7) is 4.84. The van der Waals surface area contributed by atoms with Crippen LogP contribution in [0.4, 0.5) is 4.39 Å². The molecule has 5 nitrogen and oxygen atoms in total. The van der Waals surface area contributed by atoms with Gasteiger partial charge >= 0.3 is 0 Å². The second-order valence-corrected chi connectivity index (χ2v) is 8.01. The van der Waals surface area contributed by atoms with Gasteiger partial charge in [-0.3, -0.25) is 4.90 Å². The summed E-state index contributed by atoms with van der Waals surface area (Å²) < 4.78 is 21.4. The van der Waals surface area contributed by atoms with Crippen molar-refractivity contribution in [2.45, 2.75) is 26.3 Å². The highest BCUT2D eigenvalue weighted by Crippen LogP contribution is 2.30. The van der Waals surface area contributed by atoms with Crippen molar-refractivity contribution in [3.63, 3.8) is 0 Å². The molecule has 0 radical (unpaired) electrons. The molecule has 0 spiro atoms. The number of hydrogen-bond donors (Lipinski definition) is 1. The molecule has 3 aromatic rings. The summed E-state index contributed by atoms with van der Waals surface area (Å²) in [5, 5.41) is 14.4. The lowest BCUT2D eigenvalue weighted by Crippen LogP contribution is -2.36. The number of aliphatic hydroxyl groups excluding tert-OH is 1. The third-order valence-corrected chi connectivity index (χ3v) is 5.83. The largest absolute Gasteiger partial charge is 0.494 e. The Morgan fingerprint density at radius 1 is 1.23 bits per heavy atom. The van der Waals surface area contributed by atoms with E-state index in [1.807, 2.05) is 35.1 Å². The molecule has 1 saturated heterocycles. The number of para-hydroxylation sites is 1. The average Bonchev–Trinajstić information content (AvgIpc) is 3.17. The molecule has 158 valence electrons. The Morgan fingerprint density at radius 3 is 2.80 bits per heavy atom. The van der Waals surface area contributed by atoms with Crippen molar-refractivity contribution in [1.82, 2.24) is 14.7 Å². The minimum Gasteiger partial charge on any atom is -0.494 e. The maximum atomic E-state index is 14.4. The molecule has 0 unspecified atom stereocenters. The van der Waals surface area contributed by atoms with Crippen LogP contribution in [0.1, 0.15) is 24.0 Å². The smallest absolute Gasteiger partial charge is 0.165 e. The Morgan fingerprint density at radius 2 is 2.07 bits per heavy atom. The molecule has 2 aromatic carbocycles. The van der Waals surface area contributed by atoms with Crippen LogP contribution in [0.2, 0.25) is 0 Å². The molecule has 0 bridgehead atoms. The van der Waals surface area contributed by atoms with Crippen LogP contribution < -0.4 is 4.74 Å². The van der Waals surface area contributed by atoms with Crippen LogP contribution in [0.15, 0.2) is 48.7 Å². The summed E-state index contributed by atoms with van der Waals surface area (Å²) in [6.07, 6.45) is 4.18. The van der Waals surface area contributed by atoms with Gasteiger partial charge in [0.1, 0.15) is 0 Å². The summed E-state index contributed by atoms with van der Waals surface area (Å²) in [4.78, 5) is 2.35. The first-order valence-corrected chi connectivity index (χ1v) is 10.4. The summed E-state index contributed by atoms with van der Waals surface area (Å²) in [7, 11) is 1.46. The van der Waals surface area contributed by atoms with E-state index in [1.54, 1.807) is 6.07 Å². The number of piperidine rings is 1. The van der Waals surface area contributed by atoms with E-state index >= 15 is 0 Å². The average molecular weight is 410 g/mol. The molecule has 0 saturated carbocycles. The van der Waals surface area contributed by atoms with Crippen molar-refractivity contribution in [2.24, 2.45) is 5.92 Å². The Balaban J connectivity index is 1.73. The molecule has 1 aliphatic rings. The fourth-order valence-corrected chi connectivity index (χ4v) is 4.21. The van der Waals surface area contributed by atoms with Crippen LogP contribution in [-0.2, 0) is 6.54 Å². The quantitative estimate of drug-likeness (QED) is 0.663. The van der Waals surface area contributed by atoms with E-state index in [0.717, 1.165) is 54.0 Å². The van der Waals surface area contributed by atoms with Gasteiger partial charge in [0.2, 0.25) is 0 Å². The maximum Gasteiger partial charge on any atom is 0.165 e. The predicted molar refractivity (Wildman–Crippen MR) is 115 cm³/mol. The zero-order valence-electron chi connectivity index (χ0n) is 17.5. The summed E-state index contributed by atoms with van der Waals surface area (Å²) in [6, 6.07) is 13.1. The van der Waals surface area contributed by atoms with Gasteiger partial charge in [0.25, 0.3) is 0 Å². The van der Waals surface area contributed by atoms with E-state index in [2.05, 4.69) is 17.9 Å². The number of rotatable bonds is 6. The van der Waals surface area contributed by atoms with Crippen LogP contribution >= 0.6 is 0 Å². The standard InChI is InChI=1S/C24H28FN3O2/c1-17-6-3-4-8-22(17)28-15-20(14-27-11-5-7-18(13-27)16-29)24(26-28)19-9-10-23(30-2)21(25)12-19/h3-4,6,8-10,12,15,18,29H,5,7,11,13-14,16H2,1-2H3/t18-/m1/s1. The Kier molecular flexibility index (Phi) is 6.16. The number of likely N-dealkylation sites (tertiary alicyclic amines) is 1. The SMILES string of the molecule is COc1ccc(-c2nn(-c3ccccc3C)cc2CN2CCC[C@@H](CO)C2)cc1F. The lowest BCUT2D eigenvalue weighted by molar-refractivity contribution is 0.116. The number of benzene rings is 2. The number of aromatic nitrogens is 2. The van der Waals surface area contributed by atoms with Crippen molar-refractivity contribution < 1.29 is 14.2 Å². The van der Waals surface area contributed by atoms with Crippen molar-refractivity contribution in [3.8, 4) is 22.7 Å². The molecule has 2 heterocycles. The Labute approximate surface area is 176 Å². The monoisotopic (exact) mass is 409 g/mol. The van der Waals surface area contributed by atoms with E-state index in [4.69, 9.17) is 9.84 Å². The van der Waals surface area contributed by atoms with Crippen LogP contribution in [0.3, 0.4) is 0 Å². The number of aliphatic hydroxyl groups is 1. The molecule has 1 N–H and O–H groups in total. The van der Waals surface area contributed by atoms with Gasteiger partial charge in [-0.2, -0.15) is 5.10 Å². The third kappa shape index (κ3) is 4.25. The third-order valence-electron chi connectivity index (χ3n) is 5.83. The van der Waals surface area contributed by atoms with Crippen molar-refractivity contribution >= 4 is 0 Å². The predicted octanol–water partition coefficient (Wildman–Crippen LogP) is 4.20. The zero-order valence-corrected chi connectivity index (χ0v) is 17.5. The number of aryl methyl sites for hydroxylation is 1. The van der Waals surface area contributed by atoms with Gasteiger partial charge in [-0.25, -0.2) is 9.07 Å². The highest BCUT2D eigenvalue weighted by atomic mass is 19.1. The van der Waals surface area contributed by atoms with E-state index in [1.165, 1.54) is 13.2 Å². The van der Waals surface area contributed by atoms with Gasteiger partial charge in [-0.1, -0.05) is 18.2 Å². The lowest BCUT2D eigenvalue weighted by Gasteiger charge is -2.31. The molecule has 1 aromatic heterocycles. The molecule has 30 heavy (non-hydrogen) atoms. The van der Waals surface area contributed by atoms with Crippen LogP contribution in [0.25, 0.3) is 16.9 Å². The number of halogens is 1. The molecular weight excluding hydrogens is 381 g/mol. The first-order chi connectivity index (χ1) is 14.6. The van der Waals surface area contributed by atoms with Crippen molar-refractivity contribution in [2.75, 3.05) is 26.8 Å². The summed E-state index contributed by atoms with van der Waals surface area (Å²) >= 11 is 0. The molecular formula is C24H28FN3O2. The van der Waals surface area contributed by atoms with E-state index in [9.17, 15) is 9.50 Å². The lowest BCUT2D eigenvalue weighted by atomic mass is 9.98. The molecule has 1 fully saturated rings. The molecule has 6 heteroatoms. The normalized spacial score (nSPS) is 17.3. The molecule has 0 amide bonds. The van der Waals surface area contributed by atoms with E-state index in [-0.39, 0.29) is 12.4 Å². The number of ether oxygens (including phenoxy) is 1. The highest BCUT2D eigenvalue weighted by molar-refractivity contribution is 5.64. The summed E-state index contributed by atoms with van der Waals surface area (Å²) in [5.41, 5.74) is 4.67. The van der Waals surface area contributed by atoms with Crippen LogP contribution in [0, 0.1) is 18.7 Å².